The van der Waals surface area contributed by atoms with Gasteiger partial charge in [0.1, 0.15) is 5.82 Å². The molecule has 1 fully saturated rings. The predicted octanol–water partition coefficient (Wildman–Crippen LogP) is 1.98. The van der Waals surface area contributed by atoms with E-state index in [0.29, 0.717) is 11.1 Å². The highest BCUT2D eigenvalue weighted by Gasteiger charge is 2.52. The van der Waals surface area contributed by atoms with Crippen LogP contribution in [0.3, 0.4) is 0 Å². The smallest absolute Gasteiger partial charge is 0.257 e. The molecule has 2 aromatic rings. The Morgan fingerprint density at radius 1 is 1.28 bits per heavy atom. The van der Waals surface area contributed by atoms with Crippen LogP contribution in [0.15, 0.2) is 54.6 Å². The van der Waals surface area contributed by atoms with Crippen LogP contribution in [-0.2, 0) is 15.0 Å². The van der Waals surface area contributed by atoms with Crippen molar-refractivity contribution in [2.24, 2.45) is 5.92 Å². The van der Waals surface area contributed by atoms with Crippen molar-refractivity contribution in [2.45, 2.75) is 11.6 Å². The molecule has 6 nitrogen and oxygen atoms in total. The number of carbonyl (C=O) groups is 1. The number of thiocarbonyl (C=S) groups is 1. The highest BCUT2D eigenvalue weighted by molar-refractivity contribution is 7.80. The number of hydrogen-bond acceptors (Lipinski definition) is 5. The van der Waals surface area contributed by atoms with E-state index in [1.807, 2.05) is 0 Å². The topological polar surface area (TPSA) is 79.8 Å². The second kappa shape index (κ2) is 9.41. The lowest BCUT2D eigenvalue weighted by molar-refractivity contribution is 0.00949. The highest BCUT2D eigenvalue weighted by Crippen LogP contribution is 2.40. The number of methoxy groups -OCH3 is 1. The van der Waals surface area contributed by atoms with Gasteiger partial charge in [-0.2, -0.15) is 0 Å². The molecular formula is C21H23FN2O4S. The van der Waals surface area contributed by atoms with Crippen LogP contribution in [0.5, 0.6) is 0 Å². The lowest BCUT2D eigenvalue weighted by Crippen LogP contribution is -2.57. The third kappa shape index (κ3) is 4.45. The number of halogens is 1. The van der Waals surface area contributed by atoms with Gasteiger partial charge in [0.2, 0.25) is 0 Å². The van der Waals surface area contributed by atoms with E-state index >= 15 is 0 Å². The predicted molar refractivity (Wildman–Crippen MR) is 110 cm³/mol. The van der Waals surface area contributed by atoms with Gasteiger partial charge in [0.05, 0.1) is 31.5 Å². The Morgan fingerprint density at radius 3 is 2.62 bits per heavy atom. The lowest BCUT2D eigenvalue weighted by atomic mass is 9.78. The van der Waals surface area contributed by atoms with Gasteiger partial charge < -0.3 is 19.9 Å². The molecule has 0 aromatic heterocycles. The summed E-state index contributed by atoms with van der Waals surface area (Å²) in [5.74, 6) is -1.40. The number of rotatable bonds is 6. The Labute approximate surface area is 174 Å². The third-order valence-electron chi connectivity index (χ3n) is 5.09. The molecule has 0 unspecified atom stereocenters. The Kier molecular flexibility index (Phi) is 6.92. The van der Waals surface area contributed by atoms with E-state index in [4.69, 9.17) is 21.7 Å². The summed E-state index contributed by atoms with van der Waals surface area (Å²) < 4.78 is 25.8. The lowest BCUT2D eigenvalue weighted by Gasteiger charge is -2.37. The molecule has 0 spiro atoms. The minimum atomic E-state index is -1.16. The zero-order valence-electron chi connectivity index (χ0n) is 15.9. The maximum Gasteiger partial charge on any atom is 0.257 e. The molecule has 3 rings (SSSR count). The van der Waals surface area contributed by atoms with Gasteiger partial charge in [0.25, 0.3) is 5.91 Å². The third-order valence-corrected chi connectivity index (χ3v) is 5.29. The largest absolute Gasteiger partial charge is 0.396 e. The quantitative estimate of drug-likeness (QED) is 0.623. The minimum Gasteiger partial charge on any atom is -0.396 e. The standard InChI is InChI=1S/C21H23FN2O4S/c1-27-12-18-16(11-25)21(13-28-18,15-9-5-6-10-17(15)22)24-20(29)23-19(26)14-7-3-2-4-8-14/h2-10,16,18,25H,11-13H2,1H3,(H2,23,24,26,29)/t16-,18+,21+/m0/s1. The van der Waals surface area contributed by atoms with Gasteiger partial charge in [-0.1, -0.05) is 36.4 Å². The first-order valence-electron chi connectivity index (χ1n) is 9.16. The first kappa shape index (κ1) is 21.3. The molecule has 1 aliphatic rings. The molecule has 0 saturated carbocycles. The van der Waals surface area contributed by atoms with E-state index in [0.717, 1.165) is 0 Å². The van der Waals surface area contributed by atoms with Crippen molar-refractivity contribution in [1.82, 2.24) is 10.6 Å². The SMILES string of the molecule is COC[C@H]1OC[C@@](NC(=S)NC(=O)c2ccccc2)(c2ccccc2F)[C@H]1CO. The molecule has 2 aromatic carbocycles. The fourth-order valence-corrected chi connectivity index (χ4v) is 3.95. The van der Waals surface area contributed by atoms with Crippen LogP contribution >= 0.6 is 12.2 Å². The second-order valence-electron chi connectivity index (χ2n) is 6.82. The molecule has 1 saturated heterocycles. The van der Waals surface area contributed by atoms with Crippen LogP contribution in [0.4, 0.5) is 4.39 Å². The van der Waals surface area contributed by atoms with Crippen LogP contribution in [-0.4, -0.2) is 49.2 Å². The van der Waals surface area contributed by atoms with Gasteiger partial charge in [-0.25, -0.2) is 4.39 Å². The molecule has 154 valence electrons. The molecule has 1 amide bonds. The maximum atomic E-state index is 14.7. The summed E-state index contributed by atoms with van der Waals surface area (Å²) in [6, 6.07) is 14.8. The van der Waals surface area contributed by atoms with Crippen LogP contribution in [0, 0.1) is 11.7 Å². The van der Waals surface area contributed by atoms with Crippen molar-refractivity contribution in [3.05, 3.63) is 71.5 Å². The molecule has 1 heterocycles. The number of aliphatic hydroxyl groups excluding tert-OH is 1. The number of aliphatic hydroxyl groups is 1. The maximum absolute atomic E-state index is 14.7. The van der Waals surface area contributed by atoms with E-state index in [9.17, 15) is 14.3 Å². The fraction of sp³-hybridized carbons (Fsp3) is 0.333. The van der Waals surface area contributed by atoms with Crippen LogP contribution in [0.1, 0.15) is 15.9 Å². The van der Waals surface area contributed by atoms with E-state index in [-0.39, 0.29) is 30.8 Å². The Bertz CT molecular complexity index is 867. The van der Waals surface area contributed by atoms with Crippen molar-refractivity contribution in [3.8, 4) is 0 Å². The Balaban J connectivity index is 1.89. The van der Waals surface area contributed by atoms with Crippen molar-refractivity contribution >= 4 is 23.2 Å². The van der Waals surface area contributed by atoms with Gasteiger partial charge in [0.15, 0.2) is 5.11 Å². The summed E-state index contributed by atoms with van der Waals surface area (Å²) >= 11 is 5.35. The summed E-state index contributed by atoms with van der Waals surface area (Å²) in [4.78, 5) is 12.4. The summed E-state index contributed by atoms with van der Waals surface area (Å²) in [7, 11) is 1.53. The highest BCUT2D eigenvalue weighted by atomic mass is 32.1. The van der Waals surface area contributed by atoms with Crippen molar-refractivity contribution in [2.75, 3.05) is 26.9 Å². The summed E-state index contributed by atoms with van der Waals surface area (Å²) in [6.07, 6.45) is -0.468. The molecule has 0 radical (unpaired) electrons. The summed E-state index contributed by atoms with van der Waals surface area (Å²) in [5.41, 5.74) is -0.422. The average Bonchev–Trinajstić information content (AvgIpc) is 3.06. The normalized spacial score (nSPS) is 23.6. The molecule has 0 aliphatic carbocycles. The van der Waals surface area contributed by atoms with Crippen molar-refractivity contribution < 1.29 is 23.8 Å². The first-order chi connectivity index (χ1) is 14.0. The van der Waals surface area contributed by atoms with Gasteiger partial charge in [-0.15, -0.1) is 0 Å². The van der Waals surface area contributed by atoms with Crippen LogP contribution in [0.2, 0.25) is 0 Å². The first-order valence-corrected chi connectivity index (χ1v) is 9.57. The number of carbonyl (C=O) groups excluding carboxylic acids is 1. The van der Waals surface area contributed by atoms with E-state index in [1.165, 1.54) is 13.2 Å². The molecular weight excluding hydrogens is 395 g/mol. The average molecular weight is 418 g/mol. The monoisotopic (exact) mass is 418 g/mol. The van der Waals surface area contributed by atoms with E-state index < -0.39 is 23.4 Å². The number of amides is 1. The number of ether oxygens (including phenoxy) is 2. The minimum absolute atomic E-state index is 0.0159. The molecule has 29 heavy (non-hydrogen) atoms. The van der Waals surface area contributed by atoms with E-state index in [2.05, 4.69) is 10.6 Å². The Hall–Kier alpha value is -2.39. The zero-order chi connectivity index (χ0) is 20.9. The van der Waals surface area contributed by atoms with Gasteiger partial charge >= 0.3 is 0 Å². The second-order valence-corrected chi connectivity index (χ2v) is 7.23. The van der Waals surface area contributed by atoms with Crippen LogP contribution in [0.25, 0.3) is 0 Å². The fourth-order valence-electron chi connectivity index (χ4n) is 3.68. The zero-order valence-corrected chi connectivity index (χ0v) is 16.7. The number of benzene rings is 2. The molecule has 3 atom stereocenters. The summed E-state index contributed by atoms with van der Waals surface area (Å²) in [5, 5.41) is 15.8. The van der Waals surface area contributed by atoms with Gasteiger partial charge in [-0.3, -0.25) is 10.1 Å². The van der Waals surface area contributed by atoms with Gasteiger partial charge in [0, 0.05) is 24.2 Å². The number of hydrogen-bond donors (Lipinski definition) is 3. The molecule has 8 heteroatoms. The summed E-state index contributed by atoms with van der Waals surface area (Å²) in [6.45, 7) is -0.00855. The molecule has 1 aliphatic heterocycles. The van der Waals surface area contributed by atoms with Gasteiger partial charge in [-0.05, 0) is 30.4 Å². The molecule has 0 bridgehead atoms. The number of nitrogens with one attached hydrogen (secondary N) is 2. The van der Waals surface area contributed by atoms with Crippen molar-refractivity contribution in [3.63, 3.8) is 0 Å². The molecule has 3 N–H and O–H groups in total. The van der Waals surface area contributed by atoms with Crippen LogP contribution < -0.4 is 10.6 Å². The van der Waals surface area contributed by atoms with E-state index in [1.54, 1.807) is 48.5 Å². The Morgan fingerprint density at radius 2 is 1.97 bits per heavy atom. The van der Waals surface area contributed by atoms with Crippen molar-refractivity contribution in [1.29, 1.82) is 0 Å².